The summed E-state index contributed by atoms with van der Waals surface area (Å²) >= 11 is 1.71. The molecular formula is C12H18N4O3S2. The summed E-state index contributed by atoms with van der Waals surface area (Å²) in [6, 6.07) is 4.09. The van der Waals surface area contributed by atoms with Crippen molar-refractivity contribution in [2.24, 2.45) is 5.14 Å². The Morgan fingerprint density at radius 2 is 2.19 bits per heavy atom. The summed E-state index contributed by atoms with van der Waals surface area (Å²) in [5, 5.41) is 14.7. The van der Waals surface area contributed by atoms with Gasteiger partial charge in [0.15, 0.2) is 0 Å². The second-order valence-corrected chi connectivity index (χ2v) is 7.01. The zero-order valence-electron chi connectivity index (χ0n) is 11.7. The highest BCUT2D eigenvalue weighted by molar-refractivity contribution is 7.89. The molecule has 0 saturated carbocycles. The van der Waals surface area contributed by atoms with Crippen LogP contribution in [0.2, 0.25) is 0 Å². The predicted molar refractivity (Wildman–Crippen MR) is 79.6 cm³/mol. The van der Waals surface area contributed by atoms with Crippen molar-refractivity contribution >= 4 is 21.4 Å². The number of aromatic nitrogens is 3. The maximum Gasteiger partial charge on any atom is 0.273 e. The molecule has 0 saturated heterocycles. The molecule has 21 heavy (non-hydrogen) atoms. The third-order valence-corrected chi connectivity index (χ3v) is 4.72. The summed E-state index contributed by atoms with van der Waals surface area (Å²) in [5.41, 5.74) is 0. The minimum atomic E-state index is -3.88. The Morgan fingerprint density at radius 3 is 2.81 bits per heavy atom. The van der Waals surface area contributed by atoms with Crippen LogP contribution in [-0.4, -0.2) is 36.9 Å². The third kappa shape index (κ3) is 4.34. The number of sulfonamides is 1. The van der Waals surface area contributed by atoms with Crippen LogP contribution in [0.15, 0.2) is 22.7 Å². The Labute approximate surface area is 127 Å². The van der Waals surface area contributed by atoms with Gasteiger partial charge in [0.05, 0.1) is 6.61 Å². The maximum atomic E-state index is 11.5. The lowest BCUT2D eigenvalue weighted by molar-refractivity contribution is 0.183. The van der Waals surface area contributed by atoms with Crippen LogP contribution in [0, 0.1) is 0 Å². The van der Waals surface area contributed by atoms with Crippen molar-refractivity contribution in [1.29, 1.82) is 0 Å². The first-order valence-electron chi connectivity index (χ1n) is 6.48. The van der Waals surface area contributed by atoms with E-state index in [2.05, 4.69) is 16.3 Å². The summed E-state index contributed by atoms with van der Waals surface area (Å²) in [5.74, 6) is 0.618. The van der Waals surface area contributed by atoms with E-state index in [9.17, 15) is 8.42 Å². The quantitative estimate of drug-likeness (QED) is 0.772. The molecule has 9 heteroatoms. The molecule has 2 heterocycles. The van der Waals surface area contributed by atoms with Gasteiger partial charge in [0.1, 0.15) is 5.82 Å². The number of hydrogen-bond acceptors (Lipinski definition) is 6. The van der Waals surface area contributed by atoms with Crippen LogP contribution < -0.4 is 5.14 Å². The summed E-state index contributed by atoms with van der Waals surface area (Å²) in [6.45, 7) is 0.738. The molecule has 2 N–H and O–H groups in total. The van der Waals surface area contributed by atoms with E-state index in [0.29, 0.717) is 25.4 Å². The first-order valence-corrected chi connectivity index (χ1v) is 8.91. The van der Waals surface area contributed by atoms with E-state index >= 15 is 0 Å². The lowest BCUT2D eigenvalue weighted by Gasteiger charge is -2.08. The Morgan fingerprint density at radius 1 is 1.38 bits per heavy atom. The number of nitrogens with two attached hydrogens (primary N) is 1. The van der Waals surface area contributed by atoms with Crippen molar-refractivity contribution in [3.8, 4) is 0 Å². The number of nitrogens with zero attached hydrogens (tertiary/aromatic N) is 3. The van der Waals surface area contributed by atoms with Crippen molar-refractivity contribution in [3.05, 3.63) is 28.2 Å². The molecule has 0 aliphatic carbocycles. The normalized spacial score (nSPS) is 11.9. The average Bonchev–Trinajstić information content (AvgIpc) is 3.05. The molecule has 0 radical (unpaired) electrons. The smallest absolute Gasteiger partial charge is 0.273 e. The minimum absolute atomic E-state index is 0.203. The van der Waals surface area contributed by atoms with Gasteiger partial charge in [0, 0.05) is 25.0 Å². The van der Waals surface area contributed by atoms with Crippen molar-refractivity contribution in [3.63, 3.8) is 0 Å². The van der Waals surface area contributed by atoms with Crippen LogP contribution in [-0.2, 0) is 34.1 Å². The first kappa shape index (κ1) is 16.1. The summed E-state index contributed by atoms with van der Waals surface area (Å²) in [4.78, 5) is 1.30. The van der Waals surface area contributed by atoms with E-state index < -0.39 is 10.0 Å². The number of methoxy groups -OCH3 is 1. The molecule has 0 atom stereocenters. The second kappa shape index (κ2) is 7.12. The number of thiophene rings is 1. The monoisotopic (exact) mass is 330 g/mol. The predicted octanol–water partition coefficient (Wildman–Crippen LogP) is 0.809. The molecule has 0 aliphatic heterocycles. The highest BCUT2D eigenvalue weighted by atomic mass is 32.2. The van der Waals surface area contributed by atoms with Crippen LogP contribution >= 0.6 is 11.3 Å². The van der Waals surface area contributed by atoms with Gasteiger partial charge in [0.2, 0.25) is 0 Å². The number of rotatable bonds is 8. The summed E-state index contributed by atoms with van der Waals surface area (Å²) in [6.07, 6.45) is 2.44. The van der Waals surface area contributed by atoms with Gasteiger partial charge < -0.3 is 4.74 Å². The number of hydrogen-bond donors (Lipinski definition) is 1. The van der Waals surface area contributed by atoms with Gasteiger partial charge in [-0.3, -0.25) is 4.57 Å². The van der Waals surface area contributed by atoms with E-state index in [1.54, 1.807) is 18.4 Å². The molecule has 0 aromatic carbocycles. The van der Waals surface area contributed by atoms with E-state index in [4.69, 9.17) is 9.88 Å². The van der Waals surface area contributed by atoms with E-state index in [1.165, 1.54) is 9.44 Å². The van der Waals surface area contributed by atoms with Crippen LogP contribution in [0.4, 0.5) is 0 Å². The maximum absolute atomic E-state index is 11.5. The van der Waals surface area contributed by atoms with Crippen molar-refractivity contribution in [1.82, 2.24) is 14.8 Å². The fourth-order valence-corrected chi connectivity index (χ4v) is 3.41. The van der Waals surface area contributed by atoms with Gasteiger partial charge in [-0.05, 0) is 24.3 Å². The van der Waals surface area contributed by atoms with Crippen LogP contribution in [0.3, 0.4) is 0 Å². The van der Waals surface area contributed by atoms with E-state index in [1.807, 2.05) is 11.4 Å². The average molecular weight is 330 g/mol. The fraction of sp³-hybridized carbons (Fsp3) is 0.500. The number of primary sulfonamides is 1. The van der Waals surface area contributed by atoms with Crippen molar-refractivity contribution in [2.75, 3.05) is 13.7 Å². The molecule has 0 spiro atoms. The molecule has 2 aromatic rings. The molecule has 2 aromatic heterocycles. The first-order chi connectivity index (χ1) is 10.0. The fourth-order valence-electron chi connectivity index (χ4n) is 2.00. The molecule has 0 amide bonds. The van der Waals surface area contributed by atoms with E-state index in [0.717, 1.165) is 12.8 Å². The van der Waals surface area contributed by atoms with Crippen LogP contribution in [0.25, 0.3) is 0 Å². The highest BCUT2D eigenvalue weighted by Crippen LogP contribution is 2.14. The zero-order valence-corrected chi connectivity index (χ0v) is 13.4. The Bertz CT molecular complexity index is 665. The Balaban J connectivity index is 2.09. The molecule has 0 unspecified atom stereocenters. The standard InChI is InChI=1S/C12H18N4O3S2/c1-19-8-7-16-11(14-15-12(16)21(13,17)18)6-2-4-10-5-3-9-20-10/h3,5,9H,2,4,6-8H2,1H3,(H2,13,17,18). The van der Waals surface area contributed by atoms with Crippen molar-refractivity contribution < 1.29 is 13.2 Å². The van der Waals surface area contributed by atoms with Crippen LogP contribution in [0.5, 0.6) is 0 Å². The third-order valence-electron chi connectivity index (χ3n) is 2.97. The topological polar surface area (TPSA) is 100 Å². The van der Waals surface area contributed by atoms with Gasteiger partial charge in [0.25, 0.3) is 15.2 Å². The minimum Gasteiger partial charge on any atom is -0.383 e. The Kier molecular flexibility index (Phi) is 5.45. The van der Waals surface area contributed by atoms with Gasteiger partial charge >= 0.3 is 0 Å². The molecule has 7 nitrogen and oxygen atoms in total. The largest absolute Gasteiger partial charge is 0.383 e. The van der Waals surface area contributed by atoms with Gasteiger partial charge in [-0.15, -0.1) is 21.5 Å². The van der Waals surface area contributed by atoms with Gasteiger partial charge in [-0.2, -0.15) is 0 Å². The number of ether oxygens (including phenoxy) is 1. The lowest BCUT2D eigenvalue weighted by atomic mass is 10.2. The van der Waals surface area contributed by atoms with E-state index in [-0.39, 0.29) is 5.16 Å². The highest BCUT2D eigenvalue weighted by Gasteiger charge is 2.20. The zero-order chi connectivity index (χ0) is 15.3. The van der Waals surface area contributed by atoms with Crippen LogP contribution in [0.1, 0.15) is 17.1 Å². The molecule has 0 bridgehead atoms. The lowest BCUT2D eigenvalue weighted by Crippen LogP contribution is -2.21. The summed E-state index contributed by atoms with van der Waals surface area (Å²) in [7, 11) is -2.32. The van der Waals surface area contributed by atoms with Gasteiger partial charge in [-0.25, -0.2) is 13.6 Å². The van der Waals surface area contributed by atoms with Gasteiger partial charge in [-0.1, -0.05) is 6.07 Å². The SMILES string of the molecule is COCCn1c(CCCc2cccs2)nnc1S(N)(=O)=O. The molecule has 0 fully saturated rings. The van der Waals surface area contributed by atoms with Crippen molar-refractivity contribution in [2.45, 2.75) is 31.0 Å². The second-order valence-electron chi connectivity index (χ2n) is 4.52. The molecular weight excluding hydrogens is 312 g/mol. The Hall–Kier alpha value is -1.29. The molecule has 2 rings (SSSR count). The molecule has 0 aliphatic rings. The summed E-state index contributed by atoms with van der Waals surface area (Å²) < 4.78 is 29.5. The molecule has 116 valence electrons. The number of aryl methyl sites for hydroxylation is 2.